The predicted octanol–water partition coefficient (Wildman–Crippen LogP) is 4.91. The summed E-state index contributed by atoms with van der Waals surface area (Å²) in [6.07, 6.45) is 2.27. The molecule has 2 aromatic carbocycles. The van der Waals surface area contributed by atoms with Crippen LogP contribution in [0.5, 0.6) is 0 Å². The van der Waals surface area contributed by atoms with Gasteiger partial charge in [0.25, 0.3) is 5.91 Å². The van der Waals surface area contributed by atoms with Crippen LogP contribution in [-0.2, 0) is 14.3 Å². The Hall–Kier alpha value is -2.70. The Bertz CT molecular complexity index is 1100. The van der Waals surface area contributed by atoms with Crippen LogP contribution in [0.1, 0.15) is 54.5 Å². The summed E-state index contributed by atoms with van der Waals surface area (Å²) in [5.74, 6) is -0.428. The first-order chi connectivity index (χ1) is 16.4. The van der Waals surface area contributed by atoms with Crippen LogP contribution in [0.4, 0.5) is 0 Å². The Morgan fingerprint density at radius 3 is 2.74 bits per heavy atom. The lowest BCUT2D eigenvalue weighted by molar-refractivity contribution is -0.150. The molecule has 2 unspecified atom stereocenters. The molecule has 2 heterocycles. The maximum absolute atomic E-state index is 13.6. The molecule has 2 aliphatic rings. The molecule has 0 aromatic heterocycles. The van der Waals surface area contributed by atoms with Gasteiger partial charge in [-0.05, 0) is 57.4 Å². The largest absolute Gasteiger partial charge is 0.466 e. The van der Waals surface area contributed by atoms with E-state index in [0.717, 1.165) is 47.4 Å². The van der Waals surface area contributed by atoms with E-state index in [1.54, 1.807) is 5.01 Å². The van der Waals surface area contributed by atoms with E-state index in [9.17, 15) is 9.59 Å². The van der Waals surface area contributed by atoms with Crippen LogP contribution in [0.2, 0.25) is 5.02 Å². The van der Waals surface area contributed by atoms with Crippen LogP contribution in [0, 0.1) is 19.8 Å². The number of ether oxygens (including phenoxy) is 1. The highest BCUT2D eigenvalue weighted by Gasteiger charge is 2.36. The van der Waals surface area contributed by atoms with E-state index in [2.05, 4.69) is 36.9 Å². The lowest BCUT2D eigenvalue weighted by atomic mass is 9.94. The number of amides is 1. The summed E-state index contributed by atoms with van der Waals surface area (Å²) in [6, 6.07) is 13.7. The maximum atomic E-state index is 13.6. The van der Waals surface area contributed by atoms with E-state index in [4.69, 9.17) is 21.4 Å². The van der Waals surface area contributed by atoms with Gasteiger partial charge in [0.05, 0.1) is 30.8 Å². The standard InChI is InChI=1S/C27H32ClN3O3/c1-4-34-27(33)20-8-7-13-30(16-20)17-26(32)31-25(22-14-18(2)11-12-19(22)3)15-24(29-31)21-9-5-6-10-23(21)28/h5-6,9-12,14,20,25H,4,7-8,13,15-17H2,1-3H3. The fourth-order valence-corrected chi connectivity index (χ4v) is 5.12. The second-order valence-electron chi connectivity index (χ2n) is 9.17. The normalized spacial score (nSPS) is 20.8. The summed E-state index contributed by atoms with van der Waals surface area (Å²) in [4.78, 5) is 27.9. The molecule has 6 nitrogen and oxygen atoms in total. The number of hydrogen-bond donors (Lipinski definition) is 0. The lowest BCUT2D eigenvalue weighted by Crippen LogP contribution is -2.44. The molecule has 0 aliphatic carbocycles. The highest BCUT2D eigenvalue weighted by molar-refractivity contribution is 6.34. The quantitative estimate of drug-likeness (QED) is 0.550. The maximum Gasteiger partial charge on any atom is 0.310 e. The minimum atomic E-state index is -0.190. The Labute approximate surface area is 206 Å². The average Bonchev–Trinajstić information content (AvgIpc) is 3.26. The summed E-state index contributed by atoms with van der Waals surface area (Å²) in [5, 5.41) is 7.06. The zero-order valence-corrected chi connectivity index (χ0v) is 20.8. The van der Waals surface area contributed by atoms with Crippen molar-refractivity contribution < 1.29 is 14.3 Å². The van der Waals surface area contributed by atoms with Crippen LogP contribution in [0.25, 0.3) is 0 Å². The van der Waals surface area contributed by atoms with Crippen molar-refractivity contribution in [3.63, 3.8) is 0 Å². The molecule has 2 aliphatic heterocycles. The molecule has 1 saturated heterocycles. The van der Waals surface area contributed by atoms with Crippen molar-refractivity contribution in [3.8, 4) is 0 Å². The molecule has 0 saturated carbocycles. The first-order valence-corrected chi connectivity index (χ1v) is 12.4. The van der Waals surface area contributed by atoms with Crippen LogP contribution in [-0.4, -0.2) is 53.7 Å². The number of aryl methyl sites for hydroxylation is 2. The van der Waals surface area contributed by atoms with Crippen molar-refractivity contribution in [2.24, 2.45) is 11.0 Å². The molecule has 2 atom stereocenters. The average molecular weight is 482 g/mol. The second-order valence-corrected chi connectivity index (χ2v) is 9.58. The van der Waals surface area contributed by atoms with Gasteiger partial charge in [0.1, 0.15) is 0 Å². The number of rotatable bonds is 6. The van der Waals surface area contributed by atoms with Crippen LogP contribution < -0.4 is 0 Å². The Morgan fingerprint density at radius 2 is 1.97 bits per heavy atom. The third kappa shape index (κ3) is 5.34. The molecule has 180 valence electrons. The summed E-state index contributed by atoms with van der Waals surface area (Å²) in [6.45, 7) is 7.86. The van der Waals surface area contributed by atoms with Crippen molar-refractivity contribution in [1.29, 1.82) is 0 Å². The Morgan fingerprint density at radius 1 is 1.18 bits per heavy atom. The van der Waals surface area contributed by atoms with Crippen molar-refractivity contribution >= 4 is 29.2 Å². The number of hydrogen-bond acceptors (Lipinski definition) is 5. The number of carbonyl (C=O) groups is 2. The van der Waals surface area contributed by atoms with E-state index in [1.807, 2.05) is 31.2 Å². The van der Waals surface area contributed by atoms with E-state index >= 15 is 0 Å². The van der Waals surface area contributed by atoms with Gasteiger partial charge in [-0.3, -0.25) is 14.5 Å². The molecular formula is C27H32ClN3O3. The van der Waals surface area contributed by atoms with Gasteiger partial charge in [-0.1, -0.05) is 53.6 Å². The van der Waals surface area contributed by atoms with E-state index in [1.165, 1.54) is 0 Å². The first-order valence-electron chi connectivity index (χ1n) is 12.0. The molecule has 34 heavy (non-hydrogen) atoms. The van der Waals surface area contributed by atoms with Gasteiger partial charge in [-0.2, -0.15) is 5.10 Å². The smallest absolute Gasteiger partial charge is 0.310 e. The van der Waals surface area contributed by atoms with E-state index in [0.29, 0.717) is 24.6 Å². The van der Waals surface area contributed by atoms with Crippen molar-refractivity contribution in [2.45, 2.75) is 46.1 Å². The zero-order chi connectivity index (χ0) is 24.2. The van der Waals surface area contributed by atoms with E-state index < -0.39 is 0 Å². The Kier molecular flexibility index (Phi) is 7.69. The third-order valence-electron chi connectivity index (χ3n) is 6.63. The number of carbonyl (C=O) groups excluding carboxylic acids is 2. The van der Waals surface area contributed by atoms with Gasteiger partial charge in [0.15, 0.2) is 0 Å². The molecule has 0 N–H and O–H groups in total. The molecule has 0 bridgehead atoms. The Balaban J connectivity index is 1.59. The summed E-state index contributed by atoms with van der Waals surface area (Å²) >= 11 is 6.47. The van der Waals surface area contributed by atoms with Gasteiger partial charge in [-0.25, -0.2) is 5.01 Å². The van der Waals surface area contributed by atoms with Crippen LogP contribution in [0.15, 0.2) is 47.6 Å². The highest BCUT2D eigenvalue weighted by Crippen LogP contribution is 2.36. The highest BCUT2D eigenvalue weighted by atomic mass is 35.5. The number of piperidine rings is 1. The molecular weight excluding hydrogens is 450 g/mol. The van der Waals surface area contributed by atoms with Crippen molar-refractivity contribution in [3.05, 3.63) is 69.7 Å². The predicted molar refractivity (Wildman–Crippen MR) is 134 cm³/mol. The number of esters is 1. The minimum Gasteiger partial charge on any atom is -0.466 e. The second kappa shape index (κ2) is 10.7. The number of nitrogens with zero attached hydrogens (tertiary/aromatic N) is 3. The lowest BCUT2D eigenvalue weighted by Gasteiger charge is -2.32. The topological polar surface area (TPSA) is 62.2 Å². The van der Waals surface area contributed by atoms with Gasteiger partial charge in [-0.15, -0.1) is 0 Å². The zero-order valence-electron chi connectivity index (χ0n) is 20.1. The minimum absolute atomic E-state index is 0.0718. The third-order valence-corrected chi connectivity index (χ3v) is 6.96. The fraction of sp³-hybridized carbons (Fsp3) is 0.444. The fourth-order valence-electron chi connectivity index (χ4n) is 4.87. The first kappa shape index (κ1) is 24.4. The van der Waals surface area contributed by atoms with Gasteiger partial charge >= 0.3 is 5.97 Å². The molecule has 1 fully saturated rings. The number of halogens is 1. The SMILES string of the molecule is CCOC(=O)C1CCCN(CC(=O)N2N=C(c3ccccc3Cl)CC2c2cc(C)ccc2C)C1. The molecule has 7 heteroatoms. The molecule has 2 aromatic rings. The van der Waals surface area contributed by atoms with Gasteiger partial charge in [0, 0.05) is 23.6 Å². The number of likely N-dealkylation sites (tertiary alicyclic amines) is 1. The number of hydrazone groups is 1. The summed E-state index contributed by atoms with van der Waals surface area (Å²) in [5.41, 5.74) is 5.04. The monoisotopic (exact) mass is 481 g/mol. The molecule has 0 radical (unpaired) electrons. The number of benzene rings is 2. The van der Waals surface area contributed by atoms with Gasteiger partial charge < -0.3 is 4.74 Å². The molecule has 4 rings (SSSR count). The van der Waals surface area contributed by atoms with Crippen LogP contribution in [0.3, 0.4) is 0 Å². The van der Waals surface area contributed by atoms with Crippen molar-refractivity contribution in [2.75, 3.05) is 26.2 Å². The van der Waals surface area contributed by atoms with E-state index in [-0.39, 0.29) is 30.4 Å². The van der Waals surface area contributed by atoms with Crippen molar-refractivity contribution in [1.82, 2.24) is 9.91 Å². The summed E-state index contributed by atoms with van der Waals surface area (Å²) in [7, 11) is 0. The molecule has 1 amide bonds. The summed E-state index contributed by atoms with van der Waals surface area (Å²) < 4.78 is 5.21. The van der Waals surface area contributed by atoms with Gasteiger partial charge in [0.2, 0.25) is 0 Å². The van der Waals surface area contributed by atoms with Crippen LogP contribution >= 0.6 is 11.6 Å². The molecule has 0 spiro atoms.